The van der Waals surface area contributed by atoms with Gasteiger partial charge in [-0.3, -0.25) is 4.79 Å². The minimum Gasteiger partial charge on any atom is -0.494 e. The highest BCUT2D eigenvalue weighted by atomic mass is 16.5. The van der Waals surface area contributed by atoms with Crippen molar-refractivity contribution in [1.29, 1.82) is 0 Å². The number of hydrogen-bond acceptors (Lipinski definition) is 4. The van der Waals surface area contributed by atoms with Gasteiger partial charge >= 0.3 is 0 Å². The molecule has 1 amide bonds. The quantitative estimate of drug-likeness (QED) is 0.738. The summed E-state index contributed by atoms with van der Waals surface area (Å²) in [5.74, 6) is 1.04. The molecule has 2 N–H and O–H groups in total. The number of likely N-dealkylation sites (tertiary alicyclic amines) is 1. The molecule has 5 nitrogen and oxygen atoms in total. The number of amides is 1. The molecule has 1 atom stereocenters. The number of benzene rings is 1. The van der Waals surface area contributed by atoms with E-state index in [0.717, 1.165) is 38.4 Å². The molecule has 0 bridgehead atoms. The molecule has 1 heterocycles. The molecule has 0 unspecified atom stereocenters. The Morgan fingerprint density at radius 2 is 2.14 bits per heavy atom. The lowest BCUT2D eigenvalue weighted by molar-refractivity contribution is 0.100. The predicted octanol–water partition coefficient (Wildman–Crippen LogP) is 1.52. The van der Waals surface area contributed by atoms with Crippen LogP contribution in [0.25, 0.3) is 0 Å². The molecule has 0 spiro atoms. The highest BCUT2D eigenvalue weighted by molar-refractivity contribution is 5.92. The van der Waals surface area contributed by atoms with E-state index in [1.807, 2.05) is 0 Å². The molecule has 0 saturated carbocycles. The summed E-state index contributed by atoms with van der Waals surface area (Å²) in [5, 5.41) is 0. The molecule has 1 aromatic rings. The molecule has 21 heavy (non-hydrogen) atoms. The van der Waals surface area contributed by atoms with Crippen molar-refractivity contribution in [3.8, 4) is 5.75 Å². The Balaban J connectivity index is 1.62. The Morgan fingerprint density at radius 3 is 2.81 bits per heavy atom. The van der Waals surface area contributed by atoms with Crippen LogP contribution < -0.4 is 10.5 Å². The fourth-order valence-electron chi connectivity index (χ4n) is 2.68. The number of hydrogen-bond donors (Lipinski definition) is 1. The molecule has 0 aliphatic carbocycles. The van der Waals surface area contributed by atoms with E-state index >= 15 is 0 Å². The van der Waals surface area contributed by atoms with E-state index in [4.69, 9.17) is 15.2 Å². The van der Waals surface area contributed by atoms with E-state index in [9.17, 15) is 4.79 Å². The van der Waals surface area contributed by atoms with Crippen LogP contribution in [-0.4, -0.2) is 50.8 Å². The second-order valence-electron chi connectivity index (χ2n) is 5.50. The van der Waals surface area contributed by atoms with Crippen molar-refractivity contribution >= 4 is 5.91 Å². The van der Waals surface area contributed by atoms with Gasteiger partial charge in [-0.05, 0) is 49.6 Å². The third kappa shape index (κ3) is 5.02. The summed E-state index contributed by atoms with van der Waals surface area (Å²) >= 11 is 0. The Hall–Kier alpha value is -1.59. The smallest absolute Gasteiger partial charge is 0.248 e. The van der Waals surface area contributed by atoms with Gasteiger partial charge in [0.2, 0.25) is 5.91 Å². The van der Waals surface area contributed by atoms with Crippen molar-refractivity contribution < 1.29 is 14.3 Å². The fourth-order valence-corrected chi connectivity index (χ4v) is 2.68. The fraction of sp³-hybridized carbons (Fsp3) is 0.562. The van der Waals surface area contributed by atoms with Gasteiger partial charge in [0.25, 0.3) is 0 Å². The maximum absolute atomic E-state index is 11.0. The van der Waals surface area contributed by atoms with Crippen molar-refractivity contribution in [2.24, 2.45) is 11.7 Å². The lowest BCUT2D eigenvalue weighted by atomic mass is 10.1. The third-order valence-corrected chi connectivity index (χ3v) is 3.80. The van der Waals surface area contributed by atoms with Gasteiger partial charge < -0.3 is 20.1 Å². The zero-order valence-corrected chi connectivity index (χ0v) is 12.6. The second kappa shape index (κ2) is 8.00. The first-order valence-electron chi connectivity index (χ1n) is 7.43. The maximum Gasteiger partial charge on any atom is 0.248 e. The van der Waals surface area contributed by atoms with E-state index in [-0.39, 0.29) is 0 Å². The van der Waals surface area contributed by atoms with Crippen molar-refractivity contribution in [2.45, 2.75) is 12.8 Å². The monoisotopic (exact) mass is 292 g/mol. The molecule has 1 aromatic carbocycles. The number of carbonyl (C=O) groups is 1. The number of primary amides is 1. The molecular formula is C16H24N2O3. The molecule has 1 fully saturated rings. The first-order chi connectivity index (χ1) is 10.2. The lowest BCUT2D eigenvalue weighted by Crippen LogP contribution is -2.24. The maximum atomic E-state index is 11.0. The molecule has 116 valence electrons. The van der Waals surface area contributed by atoms with E-state index in [0.29, 0.717) is 18.1 Å². The topological polar surface area (TPSA) is 64.8 Å². The van der Waals surface area contributed by atoms with Gasteiger partial charge in [-0.1, -0.05) is 0 Å². The first-order valence-corrected chi connectivity index (χ1v) is 7.43. The first kappa shape index (κ1) is 15.8. The average molecular weight is 292 g/mol. The molecule has 0 aromatic heterocycles. The van der Waals surface area contributed by atoms with E-state index in [1.165, 1.54) is 6.42 Å². The molecular weight excluding hydrogens is 268 g/mol. The van der Waals surface area contributed by atoms with E-state index in [1.54, 1.807) is 31.4 Å². The second-order valence-corrected chi connectivity index (χ2v) is 5.50. The molecule has 1 saturated heterocycles. The number of rotatable bonds is 8. The summed E-state index contributed by atoms with van der Waals surface area (Å²) in [5.41, 5.74) is 5.70. The summed E-state index contributed by atoms with van der Waals surface area (Å²) in [6, 6.07) is 6.94. The minimum atomic E-state index is -0.416. The molecule has 1 aliphatic rings. The standard InChI is InChI=1S/C16H24N2O3/c1-20-12-13-7-9-18(11-13)8-2-10-21-15-5-3-14(4-6-15)16(17)19/h3-6,13H,2,7-12H2,1H3,(H2,17,19)/t13-/m1/s1. The van der Waals surface area contributed by atoms with Crippen LogP contribution >= 0.6 is 0 Å². The van der Waals surface area contributed by atoms with Crippen LogP contribution in [0.5, 0.6) is 5.75 Å². The van der Waals surface area contributed by atoms with Gasteiger partial charge in [0.15, 0.2) is 0 Å². The van der Waals surface area contributed by atoms with Crippen LogP contribution in [0.3, 0.4) is 0 Å². The summed E-state index contributed by atoms with van der Waals surface area (Å²) in [4.78, 5) is 13.4. The van der Waals surface area contributed by atoms with Crippen LogP contribution in [0.1, 0.15) is 23.2 Å². The summed E-state index contributed by atoms with van der Waals surface area (Å²) in [6.07, 6.45) is 2.22. The Bertz CT molecular complexity index is 447. The normalized spacial score (nSPS) is 18.8. The summed E-state index contributed by atoms with van der Waals surface area (Å²) in [7, 11) is 1.76. The van der Waals surface area contributed by atoms with Crippen LogP contribution in [0.4, 0.5) is 0 Å². The number of methoxy groups -OCH3 is 1. The van der Waals surface area contributed by atoms with Crippen LogP contribution in [-0.2, 0) is 4.74 Å². The molecule has 0 radical (unpaired) electrons. The zero-order chi connectivity index (χ0) is 15.1. The molecule has 1 aliphatic heterocycles. The van der Waals surface area contributed by atoms with Crippen LogP contribution in [0.2, 0.25) is 0 Å². The molecule has 5 heteroatoms. The van der Waals surface area contributed by atoms with Crippen LogP contribution in [0, 0.1) is 5.92 Å². The van der Waals surface area contributed by atoms with Crippen LogP contribution in [0.15, 0.2) is 24.3 Å². The van der Waals surface area contributed by atoms with Crippen molar-refractivity contribution in [3.05, 3.63) is 29.8 Å². The highest BCUT2D eigenvalue weighted by Crippen LogP contribution is 2.17. The van der Waals surface area contributed by atoms with Gasteiger partial charge in [0.1, 0.15) is 5.75 Å². The Morgan fingerprint density at radius 1 is 1.38 bits per heavy atom. The average Bonchev–Trinajstić information content (AvgIpc) is 2.92. The number of ether oxygens (including phenoxy) is 2. The van der Waals surface area contributed by atoms with Crippen molar-refractivity contribution in [3.63, 3.8) is 0 Å². The van der Waals surface area contributed by atoms with Gasteiger partial charge in [-0.2, -0.15) is 0 Å². The molecule has 2 rings (SSSR count). The minimum absolute atomic E-state index is 0.416. The van der Waals surface area contributed by atoms with Gasteiger partial charge in [-0.25, -0.2) is 0 Å². The van der Waals surface area contributed by atoms with Gasteiger partial charge in [0, 0.05) is 25.8 Å². The van der Waals surface area contributed by atoms with E-state index < -0.39 is 5.91 Å². The van der Waals surface area contributed by atoms with Gasteiger partial charge in [0.05, 0.1) is 13.2 Å². The van der Waals surface area contributed by atoms with E-state index in [2.05, 4.69) is 4.90 Å². The Kier molecular flexibility index (Phi) is 6.02. The summed E-state index contributed by atoms with van der Waals surface area (Å²) < 4.78 is 10.9. The van der Waals surface area contributed by atoms with Crippen molar-refractivity contribution in [1.82, 2.24) is 4.90 Å². The SMILES string of the molecule is COC[C@@H]1CCN(CCCOc2ccc(C(N)=O)cc2)C1. The predicted molar refractivity (Wildman–Crippen MR) is 81.5 cm³/mol. The largest absolute Gasteiger partial charge is 0.494 e. The van der Waals surface area contributed by atoms with Crippen molar-refractivity contribution in [2.75, 3.05) is 40.0 Å². The highest BCUT2D eigenvalue weighted by Gasteiger charge is 2.21. The third-order valence-electron chi connectivity index (χ3n) is 3.80. The zero-order valence-electron chi connectivity index (χ0n) is 12.6. The van der Waals surface area contributed by atoms with Gasteiger partial charge in [-0.15, -0.1) is 0 Å². The Labute approximate surface area is 126 Å². The number of nitrogens with two attached hydrogens (primary N) is 1. The number of carbonyl (C=O) groups excluding carboxylic acids is 1. The number of nitrogens with zero attached hydrogens (tertiary/aromatic N) is 1. The lowest BCUT2D eigenvalue weighted by Gasteiger charge is -2.16. The summed E-state index contributed by atoms with van der Waals surface area (Å²) in [6.45, 7) is 4.88.